The van der Waals surface area contributed by atoms with Gasteiger partial charge in [0.25, 0.3) is 0 Å². The summed E-state index contributed by atoms with van der Waals surface area (Å²) < 4.78 is 331. The first-order valence-electron chi connectivity index (χ1n) is 39.6. The molecule has 0 saturated carbocycles. The predicted molar refractivity (Wildman–Crippen MR) is 536 cm³/mol. The molecule has 0 bridgehead atoms. The summed E-state index contributed by atoms with van der Waals surface area (Å²) in [5.74, 6) is 0.363. The van der Waals surface area contributed by atoms with Gasteiger partial charge < -0.3 is 63.9 Å². The van der Waals surface area contributed by atoms with Crippen molar-refractivity contribution in [2.24, 2.45) is 28.0 Å². The fraction of sp³-hybridized carbons (Fsp3) is 0.224. The molecule has 0 aliphatic carbocycles. The number of nitrogens with zero attached hydrogens (tertiary/aromatic N) is 9. The van der Waals surface area contributed by atoms with E-state index in [1.54, 1.807) is 137 Å². The third-order valence-corrected chi connectivity index (χ3v) is 39.6. The van der Waals surface area contributed by atoms with Crippen molar-refractivity contribution in [3.63, 3.8) is 0 Å². The average molecular weight is 2440 g/mol. The Labute approximate surface area is 1010 Å². The van der Waals surface area contributed by atoms with Gasteiger partial charge in [0, 0.05) is 62.9 Å². The molecule has 0 N–H and O–H groups in total. The molecule has 11 aromatic carbocycles. The van der Waals surface area contributed by atoms with Crippen LogP contribution in [0, 0.1) is 55.4 Å². The number of sulfonamides is 6. The van der Waals surface area contributed by atoms with E-state index in [9.17, 15) is 105 Å². The van der Waals surface area contributed by atoms with Gasteiger partial charge in [-0.3, -0.25) is 9.49 Å². The molecule has 4 atom stereocenters. The van der Waals surface area contributed by atoms with Gasteiger partial charge in [0.15, 0.2) is 30.1 Å². The number of aryl methyl sites for hydroxylation is 8. The zero-order valence-electron chi connectivity index (χ0n) is 83.4. The smallest absolute Gasteiger partial charge is 0.872 e. The molecule has 11 rings (SSSR count). The Hall–Kier alpha value is -3.29. The molecule has 63 heteroatoms. The third-order valence-electron chi connectivity index (χ3n) is 16.8. The van der Waals surface area contributed by atoms with Crippen molar-refractivity contribution < 1.29 is 319 Å². The molecule has 0 amide bonds. The predicted octanol–water partition coefficient (Wildman–Crippen LogP) is 9.10. The van der Waals surface area contributed by atoms with E-state index in [1.807, 2.05) is 151 Å². The second-order valence-corrected chi connectivity index (χ2v) is 59.8. The zero-order chi connectivity index (χ0) is 107. The summed E-state index contributed by atoms with van der Waals surface area (Å²) in [5, 5.41) is 31.5. The standard InChI is InChI=1S/C30H31F3N3O8P2S2.C23H24ClF3N3O7P2S2.C9H13ClNOP.C7H5F3NO5S2.2C7H8O.C2H6Cl2NP.6Na/c1-22-6-12-25(13-7-22)41-45(5,42-26-18-20-29(21-19-26)47(37,38)36-48(39,40)30(31,32)33)35-46(34-4,43-27-14-8-23(2)9-15-27)44-28-16-10-24(3)11-17-28;1-17-5-9-19(10-6-17)35-38(4,29-39(24,28-3)37-21-11-7-18(2)8-12-21)36-20-13-15-22(16-14-20)40(31,32)30-41(33,34)23(25,26)27;1-8-4-6-9(7-5-8)12-13(3,10)11-2;8-7(9,10)18(15,16)11-17(13,14)6-3-1-5(12)2-4-6;2*1-6-2-4-7(8)5-3-6;1-5-6(2,3)4;;;;;;/h6-21H,1-5H3;5-16H,1-4H3;4-7H,1-3H3;1-4,12H;2*2-5,8H,1H3;1-2H3;;;;;;/q2*-1;;-1;;;;6*+1/p-3. The molecule has 0 aromatic heterocycles. The monoisotopic (exact) mass is 2430 g/mol. The van der Waals surface area contributed by atoms with Crippen LogP contribution in [0.2, 0.25) is 0 Å². The fourth-order valence-electron chi connectivity index (χ4n) is 9.49. The topological polar surface area (TPSA) is 464 Å². The Morgan fingerprint density at radius 3 is 0.622 bits per heavy atom. The SMILES string of the molecule is CN=P(C)(Cl)Cl.CN=P(C)(Cl)Oc1ccc(C)cc1.CN=P(Cl)(N=P(C)(Oc1ccc(C)cc1)Oc1ccc(S(=O)(=O)[N-]S(=O)(=O)C(F)(F)F)cc1)Oc1ccc(C)cc1.CN=P(N=P(C)(Oc1ccc(C)cc1)Oc1ccc(S(=O)(=O)[N-]S(=O)(=O)C(F)(F)F)cc1)(Oc1ccc(C)cc1)Oc1ccc(C)cc1.Cc1ccc([O-])cc1.Cc1ccc([O-])cc1.O=S(=O)([N-]S(=O)(=O)C(F)(F)F)c1ccc([O-])cc1.[Na+].[Na+].[Na+].[Na+].[Na+].[Na+]. The van der Waals surface area contributed by atoms with E-state index >= 15 is 0 Å². The summed E-state index contributed by atoms with van der Waals surface area (Å²) in [5.41, 5.74) is -9.27. The summed E-state index contributed by atoms with van der Waals surface area (Å²) >= 11 is 23.6. The molecule has 0 fully saturated rings. The summed E-state index contributed by atoms with van der Waals surface area (Å²) in [7, 11) is -38.8. The normalized spacial score (nSPS) is 13.0. The summed E-state index contributed by atoms with van der Waals surface area (Å²) in [6.07, 6.45) is 0. The van der Waals surface area contributed by atoms with Gasteiger partial charge in [0.05, 0.1) is 0 Å². The maximum Gasteiger partial charge on any atom is 1.00 e. The molecule has 778 valence electrons. The van der Waals surface area contributed by atoms with Gasteiger partial charge in [0.1, 0.15) is 81.8 Å². The van der Waals surface area contributed by atoms with Crippen LogP contribution in [0.25, 0.3) is 12.4 Å². The van der Waals surface area contributed by atoms with E-state index < -0.39 is 139 Å². The Morgan fingerprint density at radius 2 is 0.432 bits per heavy atom. The van der Waals surface area contributed by atoms with Crippen LogP contribution in [0.3, 0.4) is 0 Å². The van der Waals surface area contributed by atoms with Gasteiger partial charge in [-0.15, -0.1) is 26.3 Å². The maximum absolute atomic E-state index is 12.8. The molecule has 11 aromatic rings. The molecule has 0 heterocycles. The van der Waals surface area contributed by atoms with Crippen molar-refractivity contribution >= 4 is 147 Å². The van der Waals surface area contributed by atoms with E-state index in [4.69, 9.17) is 85.7 Å². The van der Waals surface area contributed by atoms with Crippen LogP contribution in [-0.4, -0.2) is 122 Å². The summed E-state index contributed by atoms with van der Waals surface area (Å²) in [6.45, 7) is 16.5. The van der Waals surface area contributed by atoms with Gasteiger partial charge in [-0.25, -0.2) is 60.0 Å². The van der Waals surface area contributed by atoms with Crippen LogP contribution in [-0.2, 0) is 60.1 Å². The van der Waals surface area contributed by atoms with Crippen molar-refractivity contribution in [2.45, 2.75) is 86.6 Å². The number of benzene rings is 11. The first-order valence-corrected chi connectivity index (χ1v) is 63.4. The third kappa shape index (κ3) is 52.5. The molecular formula is C85H92Cl4F9N9Na6O23P6S6. The number of alkyl halides is 9. The largest absolute Gasteiger partial charge is 1.00 e. The minimum Gasteiger partial charge on any atom is -0.872 e. The molecule has 32 nitrogen and oxygen atoms in total. The fourth-order valence-corrected chi connectivity index (χ4v) is 26.7. The van der Waals surface area contributed by atoms with Crippen LogP contribution in [0.4, 0.5) is 39.5 Å². The van der Waals surface area contributed by atoms with E-state index in [1.165, 1.54) is 26.3 Å². The average Bonchev–Trinajstić information content (AvgIpc) is 0.785. The first kappa shape index (κ1) is 147. The molecule has 148 heavy (non-hydrogen) atoms. The van der Waals surface area contributed by atoms with E-state index in [0.717, 1.165) is 105 Å². The zero-order valence-corrected chi connectivity index (χ0v) is 109. The van der Waals surface area contributed by atoms with Crippen LogP contribution >= 0.6 is 86.8 Å². The van der Waals surface area contributed by atoms with Gasteiger partial charge in [0.2, 0.25) is 6.63 Å². The van der Waals surface area contributed by atoms with Crippen LogP contribution in [0.5, 0.6) is 63.2 Å². The molecule has 4 unspecified atom stereocenters. The second kappa shape index (κ2) is 64.1. The Morgan fingerprint density at radius 1 is 0.257 bits per heavy atom. The van der Waals surface area contributed by atoms with Crippen molar-refractivity contribution in [3.8, 4) is 63.2 Å². The van der Waals surface area contributed by atoms with Crippen LogP contribution in [0.1, 0.15) is 44.5 Å². The number of hydrogen-bond acceptors (Lipinski definition) is 27. The molecular weight excluding hydrogens is 2340 g/mol. The van der Waals surface area contributed by atoms with Gasteiger partial charge >= 0.3 is 223 Å². The van der Waals surface area contributed by atoms with Crippen molar-refractivity contribution in [1.82, 2.24) is 0 Å². The molecule has 0 saturated heterocycles. The number of rotatable bonds is 27. The van der Waals surface area contributed by atoms with Crippen molar-refractivity contribution in [3.05, 3.63) is 324 Å². The molecule has 0 radical (unpaired) electrons. The minimum atomic E-state index is -6.32. The second-order valence-electron chi connectivity index (χ2n) is 29.1. The van der Waals surface area contributed by atoms with Gasteiger partial charge in [-0.2, -0.15) is 39.5 Å². The van der Waals surface area contributed by atoms with Gasteiger partial charge in [-0.05, 0) is 218 Å². The van der Waals surface area contributed by atoms with Crippen LogP contribution in [0.15, 0.2) is 310 Å². The first-order chi connectivity index (χ1) is 65.3. The number of hydrogen-bond donors (Lipinski definition) is 0. The molecule has 0 spiro atoms. The Balaban J connectivity index is 0. The summed E-state index contributed by atoms with van der Waals surface area (Å²) in [4.78, 5) is -2.47. The van der Waals surface area contributed by atoms with Crippen molar-refractivity contribution in [1.29, 1.82) is 0 Å². The number of halogens is 13. The maximum atomic E-state index is 12.8. The molecule has 0 aliphatic heterocycles. The van der Waals surface area contributed by atoms with E-state index in [0.29, 0.717) is 40.9 Å². The summed E-state index contributed by atoms with van der Waals surface area (Å²) in [6, 6.07) is 66.9. The van der Waals surface area contributed by atoms with Crippen LogP contribution < -0.4 is 229 Å². The van der Waals surface area contributed by atoms with Gasteiger partial charge in [-0.1, -0.05) is 200 Å². The van der Waals surface area contributed by atoms with E-state index in [-0.39, 0.29) is 200 Å². The van der Waals surface area contributed by atoms with Crippen molar-refractivity contribution in [2.75, 3.05) is 54.8 Å². The minimum absolute atomic E-state index is 0. The van der Waals surface area contributed by atoms with E-state index in [2.05, 4.69) is 31.8 Å². The Bertz CT molecular complexity index is 7080. The quantitative estimate of drug-likeness (QED) is 0.0263. The Kier molecular flexibility index (Phi) is 63.5. The molecule has 0 aliphatic rings.